The molecule has 1 unspecified atom stereocenters. The molecule has 1 heterocycles. The normalized spacial score (nSPS) is 20.6. The number of piperazine rings is 1. The molecule has 3 nitrogen and oxygen atoms in total. The summed E-state index contributed by atoms with van der Waals surface area (Å²) in [5.74, 6) is 0. The van der Waals surface area contributed by atoms with Crippen molar-refractivity contribution in [2.24, 2.45) is 0 Å². The number of halogens is 3. The highest BCUT2D eigenvalue weighted by molar-refractivity contribution is 5.16. The fraction of sp³-hybridized carbons (Fsp3) is 0.600. The summed E-state index contributed by atoms with van der Waals surface area (Å²) < 4.78 is 40.8. The standard InChI is InChI=1S/C15H21F3N2O/c16-15(17,18)12-21-9-8-20-7-6-19-11-14(20)10-13-4-2-1-3-5-13/h1-5,14,19H,6-12H2. The first-order valence-corrected chi connectivity index (χ1v) is 7.18. The molecule has 6 heteroatoms. The molecule has 0 bridgehead atoms. The predicted octanol–water partition coefficient (Wildman–Crippen LogP) is 2.08. The van der Waals surface area contributed by atoms with Crippen LogP contribution >= 0.6 is 0 Å². The van der Waals surface area contributed by atoms with Crippen LogP contribution in [0.2, 0.25) is 0 Å². The van der Waals surface area contributed by atoms with Crippen LogP contribution in [0.1, 0.15) is 5.56 Å². The summed E-state index contributed by atoms with van der Waals surface area (Å²) in [4.78, 5) is 2.21. The largest absolute Gasteiger partial charge is 0.411 e. The number of nitrogens with zero attached hydrogens (tertiary/aromatic N) is 1. The lowest BCUT2D eigenvalue weighted by atomic mass is 10.0. The van der Waals surface area contributed by atoms with Crippen molar-refractivity contribution in [1.82, 2.24) is 10.2 Å². The Balaban J connectivity index is 1.79. The predicted molar refractivity (Wildman–Crippen MR) is 75.3 cm³/mol. The maximum atomic E-state index is 12.0. The van der Waals surface area contributed by atoms with Gasteiger partial charge in [0.15, 0.2) is 0 Å². The summed E-state index contributed by atoms with van der Waals surface area (Å²) in [6.07, 6.45) is -3.35. The highest BCUT2D eigenvalue weighted by atomic mass is 19.4. The van der Waals surface area contributed by atoms with Gasteiger partial charge < -0.3 is 10.1 Å². The van der Waals surface area contributed by atoms with E-state index in [2.05, 4.69) is 22.3 Å². The molecule has 0 saturated carbocycles. The number of alkyl halides is 3. The molecule has 1 atom stereocenters. The Hall–Kier alpha value is -1.11. The molecular weight excluding hydrogens is 281 g/mol. The molecule has 1 saturated heterocycles. The van der Waals surface area contributed by atoms with E-state index in [1.165, 1.54) is 5.56 Å². The Kier molecular flexibility index (Phi) is 6.02. The van der Waals surface area contributed by atoms with E-state index in [0.29, 0.717) is 12.6 Å². The minimum Gasteiger partial charge on any atom is -0.371 e. The molecule has 1 aromatic rings. The summed E-state index contributed by atoms with van der Waals surface area (Å²) in [5.41, 5.74) is 1.24. The number of ether oxygens (including phenoxy) is 1. The smallest absolute Gasteiger partial charge is 0.371 e. The summed E-state index contributed by atoms with van der Waals surface area (Å²) in [6, 6.07) is 10.4. The van der Waals surface area contributed by atoms with E-state index in [9.17, 15) is 13.2 Å². The monoisotopic (exact) mass is 302 g/mol. The molecule has 0 aromatic heterocycles. The highest BCUT2D eigenvalue weighted by Crippen LogP contribution is 2.15. The summed E-state index contributed by atoms with van der Waals surface area (Å²) in [7, 11) is 0. The van der Waals surface area contributed by atoms with Crippen molar-refractivity contribution in [2.45, 2.75) is 18.6 Å². The summed E-state index contributed by atoms with van der Waals surface area (Å²) >= 11 is 0. The molecule has 0 spiro atoms. The average Bonchev–Trinajstić information content (AvgIpc) is 2.45. The lowest BCUT2D eigenvalue weighted by molar-refractivity contribution is -0.175. The van der Waals surface area contributed by atoms with Crippen LogP contribution in [-0.4, -0.2) is 56.5 Å². The topological polar surface area (TPSA) is 24.5 Å². The minimum atomic E-state index is -4.24. The van der Waals surface area contributed by atoms with Gasteiger partial charge in [-0.2, -0.15) is 13.2 Å². The first-order chi connectivity index (χ1) is 10.0. The molecule has 1 aliphatic heterocycles. The summed E-state index contributed by atoms with van der Waals surface area (Å²) in [5, 5.41) is 3.34. The third-order valence-electron chi connectivity index (χ3n) is 3.57. The van der Waals surface area contributed by atoms with Crippen molar-refractivity contribution in [2.75, 3.05) is 39.4 Å². The van der Waals surface area contributed by atoms with Crippen LogP contribution < -0.4 is 5.32 Å². The van der Waals surface area contributed by atoms with Crippen molar-refractivity contribution in [3.05, 3.63) is 35.9 Å². The van der Waals surface area contributed by atoms with E-state index in [0.717, 1.165) is 26.1 Å². The average molecular weight is 302 g/mol. The van der Waals surface area contributed by atoms with E-state index in [1.54, 1.807) is 0 Å². The van der Waals surface area contributed by atoms with Gasteiger partial charge >= 0.3 is 6.18 Å². The molecule has 118 valence electrons. The number of rotatable bonds is 6. The first kappa shape index (κ1) is 16.3. The Morgan fingerprint density at radius 1 is 1.24 bits per heavy atom. The Morgan fingerprint density at radius 3 is 2.71 bits per heavy atom. The Morgan fingerprint density at radius 2 is 2.00 bits per heavy atom. The van der Waals surface area contributed by atoms with Gasteiger partial charge in [-0.3, -0.25) is 4.90 Å². The third-order valence-corrected chi connectivity index (χ3v) is 3.57. The maximum absolute atomic E-state index is 12.0. The second-order valence-corrected chi connectivity index (χ2v) is 5.25. The van der Waals surface area contributed by atoms with Crippen LogP contribution in [-0.2, 0) is 11.2 Å². The van der Waals surface area contributed by atoms with Gasteiger partial charge in [0, 0.05) is 32.2 Å². The lowest BCUT2D eigenvalue weighted by Gasteiger charge is -2.36. The van der Waals surface area contributed by atoms with Gasteiger partial charge in [0.05, 0.1) is 6.61 Å². The maximum Gasteiger partial charge on any atom is 0.411 e. The zero-order valence-electron chi connectivity index (χ0n) is 11.9. The van der Waals surface area contributed by atoms with E-state index in [-0.39, 0.29) is 6.61 Å². The zero-order chi connectivity index (χ0) is 15.1. The molecular formula is C15H21F3N2O. The van der Waals surface area contributed by atoms with Gasteiger partial charge in [0.2, 0.25) is 0 Å². The van der Waals surface area contributed by atoms with E-state index in [4.69, 9.17) is 4.74 Å². The van der Waals surface area contributed by atoms with Crippen LogP contribution in [0.25, 0.3) is 0 Å². The van der Waals surface area contributed by atoms with Crippen LogP contribution in [0.5, 0.6) is 0 Å². The van der Waals surface area contributed by atoms with Crippen molar-refractivity contribution in [1.29, 1.82) is 0 Å². The van der Waals surface area contributed by atoms with Gasteiger partial charge in [0.1, 0.15) is 6.61 Å². The van der Waals surface area contributed by atoms with Crippen molar-refractivity contribution < 1.29 is 17.9 Å². The van der Waals surface area contributed by atoms with Gasteiger partial charge in [-0.25, -0.2) is 0 Å². The number of hydrogen-bond donors (Lipinski definition) is 1. The molecule has 2 rings (SSSR count). The quantitative estimate of drug-likeness (QED) is 0.814. The van der Waals surface area contributed by atoms with Gasteiger partial charge in [-0.05, 0) is 12.0 Å². The number of benzene rings is 1. The molecule has 0 amide bonds. The van der Waals surface area contributed by atoms with E-state index < -0.39 is 12.8 Å². The van der Waals surface area contributed by atoms with Crippen LogP contribution in [0.4, 0.5) is 13.2 Å². The first-order valence-electron chi connectivity index (χ1n) is 7.18. The Bertz CT molecular complexity index is 411. The molecule has 1 fully saturated rings. The van der Waals surface area contributed by atoms with Crippen molar-refractivity contribution in [3.8, 4) is 0 Å². The number of hydrogen-bond acceptors (Lipinski definition) is 3. The van der Waals surface area contributed by atoms with Crippen LogP contribution in [0, 0.1) is 0 Å². The molecule has 21 heavy (non-hydrogen) atoms. The lowest BCUT2D eigenvalue weighted by Crippen LogP contribution is -2.53. The SMILES string of the molecule is FC(F)(F)COCCN1CCNCC1Cc1ccccc1. The van der Waals surface area contributed by atoms with Crippen LogP contribution in [0.3, 0.4) is 0 Å². The van der Waals surface area contributed by atoms with Gasteiger partial charge in [-0.1, -0.05) is 30.3 Å². The van der Waals surface area contributed by atoms with E-state index in [1.807, 2.05) is 18.2 Å². The third kappa shape index (κ3) is 6.03. The van der Waals surface area contributed by atoms with Crippen LogP contribution in [0.15, 0.2) is 30.3 Å². The van der Waals surface area contributed by atoms with E-state index >= 15 is 0 Å². The molecule has 1 N–H and O–H groups in total. The fourth-order valence-corrected chi connectivity index (χ4v) is 2.55. The second kappa shape index (κ2) is 7.77. The van der Waals surface area contributed by atoms with Gasteiger partial charge in [-0.15, -0.1) is 0 Å². The number of nitrogens with one attached hydrogen (secondary N) is 1. The highest BCUT2D eigenvalue weighted by Gasteiger charge is 2.28. The molecule has 0 radical (unpaired) electrons. The molecule has 0 aliphatic carbocycles. The fourth-order valence-electron chi connectivity index (χ4n) is 2.55. The zero-order valence-corrected chi connectivity index (χ0v) is 11.9. The van der Waals surface area contributed by atoms with Crippen molar-refractivity contribution >= 4 is 0 Å². The van der Waals surface area contributed by atoms with Gasteiger partial charge in [0.25, 0.3) is 0 Å². The van der Waals surface area contributed by atoms with Crippen molar-refractivity contribution in [3.63, 3.8) is 0 Å². The second-order valence-electron chi connectivity index (χ2n) is 5.25. The molecule has 1 aliphatic rings. The minimum absolute atomic E-state index is 0.116. The summed E-state index contributed by atoms with van der Waals surface area (Å²) in [6.45, 7) is 2.05. The molecule has 1 aromatic carbocycles. The Labute approximate surface area is 123 Å².